The van der Waals surface area contributed by atoms with Crippen molar-refractivity contribution in [2.45, 2.75) is 51.2 Å². The molecule has 1 aliphatic rings. The van der Waals surface area contributed by atoms with Gasteiger partial charge in [-0.2, -0.15) is 0 Å². The van der Waals surface area contributed by atoms with Gasteiger partial charge in [-0.15, -0.1) is 0 Å². The fraction of sp³-hybridized carbons (Fsp3) is 0.462. The Hall–Kier alpha value is -2.95. The fourth-order valence-corrected chi connectivity index (χ4v) is 5.46. The maximum absolute atomic E-state index is 12.8. The lowest BCUT2D eigenvalue weighted by Crippen LogP contribution is -2.40. The highest BCUT2D eigenvalue weighted by Gasteiger charge is 2.36. The molecule has 3 rings (SSSR count). The number of carboxylic acids is 1. The molecule has 1 atom stereocenters. The summed E-state index contributed by atoms with van der Waals surface area (Å²) in [6.07, 6.45) is 0.891. The number of hydrogen-bond acceptors (Lipinski definition) is 7. The third kappa shape index (κ3) is 8.92. The molecule has 9 nitrogen and oxygen atoms in total. The molecule has 10 heteroatoms. The first-order chi connectivity index (χ1) is 17.0. The van der Waals surface area contributed by atoms with Gasteiger partial charge in [0.1, 0.15) is 23.7 Å². The Morgan fingerprint density at radius 2 is 1.89 bits per heavy atom. The molecule has 3 N–H and O–H groups in total. The van der Waals surface area contributed by atoms with Crippen LogP contribution in [-0.2, 0) is 26.2 Å². The molecule has 0 spiro atoms. The molecule has 0 bridgehead atoms. The summed E-state index contributed by atoms with van der Waals surface area (Å²) in [5.74, 6) is -0.498. The zero-order chi connectivity index (χ0) is 26.2. The summed E-state index contributed by atoms with van der Waals surface area (Å²) >= 11 is 0. The maximum Gasteiger partial charge on any atom is 0.303 e. The number of ketones is 1. The average molecular weight is 519 g/mol. The predicted octanol–water partition coefficient (Wildman–Crippen LogP) is 2.85. The van der Waals surface area contributed by atoms with Gasteiger partial charge in [-0.05, 0) is 57.0 Å². The Kier molecular flexibility index (Phi) is 9.47. The van der Waals surface area contributed by atoms with Gasteiger partial charge in [-0.3, -0.25) is 9.59 Å². The summed E-state index contributed by atoms with van der Waals surface area (Å²) in [6, 6.07) is 15.2. The van der Waals surface area contributed by atoms with Crippen LogP contribution >= 0.6 is 0 Å². The second kappa shape index (κ2) is 12.3. The number of Topliss-reactive ketones (excluding diaryl/α,β-unsaturated/α-hetero) is 1. The number of sulfonamides is 1. The molecule has 0 saturated heterocycles. The number of carbonyl (C=O) groups is 2. The standard InChI is InChI=1S/C26H34N2O7S/c1-26(2)14-20(18-36(32,33)28-16-21(29)15-27-12-6-9-25(30)31)23-13-22(10-11-24(23)35-26)34-17-19-7-4-3-5-8-19/h3-5,7-8,10-11,13,20,27-28H,6,9,12,14-18H2,1-2H3,(H,30,31). The van der Waals surface area contributed by atoms with Gasteiger partial charge in [0.05, 0.1) is 18.8 Å². The number of hydrogen-bond donors (Lipinski definition) is 3. The molecule has 1 aliphatic heterocycles. The molecule has 0 fully saturated rings. The molecule has 196 valence electrons. The van der Waals surface area contributed by atoms with Gasteiger partial charge in [0.2, 0.25) is 10.0 Å². The van der Waals surface area contributed by atoms with E-state index in [1.165, 1.54) is 0 Å². The molecule has 0 amide bonds. The Morgan fingerprint density at radius 1 is 1.14 bits per heavy atom. The predicted molar refractivity (Wildman–Crippen MR) is 136 cm³/mol. The first-order valence-electron chi connectivity index (χ1n) is 11.9. The lowest BCUT2D eigenvalue weighted by Gasteiger charge is -2.37. The van der Waals surface area contributed by atoms with E-state index in [2.05, 4.69) is 10.0 Å². The van der Waals surface area contributed by atoms with Gasteiger partial charge in [0.25, 0.3) is 0 Å². The number of rotatable bonds is 14. The smallest absolute Gasteiger partial charge is 0.303 e. The molecule has 2 aromatic rings. The highest BCUT2D eigenvalue weighted by Crippen LogP contribution is 2.43. The van der Waals surface area contributed by atoms with E-state index < -0.39 is 21.6 Å². The molecule has 1 unspecified atom stereocenters. The van der Waals surface area contributed by atoms with Gasteiger partial charge < -0.3 is 19.9 Å². The largest absolute Gasteiger partial charge is 0.489 e. The molecular formula is C26H34N2O7S. The van der Waals surface area contributed by atoms with Crippen molar-refractivity contribution >= 4 is 21.8 Å². The fourth-order valence-electron chi connectivity index (χ4n) is 4.13. The summed E-state index contributed by atoms with van der Waals surface area (Å²) in [4.78, 5) is 22.6. The molecule has 0 saturated carbocycles. The van der Waals surface area contributed by atoms with Crippen LogP contribution in [-0.4, -0.2) is 56.3 Å². The molecular weight excluding hydrogens is 484 g/mol. The SMILES string of the molecule is CC1(C)CC(CS(=O)(=O)NCC(=O)CNCCCC(=O)O)c2cc(OCc3ccccc3)ccc2O1. The van der Waals surface area contributed by atoms with Crippen LogP contribution in [0, 0.1) is 0 Å². The molecule has 0 radical (unpaired) electrons. The van der Waals surface area contributed by atoms with E-state index in [1.54, 1.807) is 0 Å². The van der Waals surface area contributed by atoms with Crippen molar-refractivity contribution in [3.8, 4) is 11.5 Å². The van der Waals surface area contributed by atoms with Gasteiger partial charge in [0, 0.05) is 17.9 Å². The minimum absolute atomic E-state index is 0.00968. The normalized spacial score (nSPS) is 16.6. The van der Waals surface area contributed by atoms with Crippen molar-refractivity contribution < 1.29 is 32.6 Å². The lowest BCUT2D eigenvalue weighted by atomic mass is 9.85. The Morgan fingerprint density at radius 3 is 2.61 bits per heavy atom. The maximum atomic E-state index is 12.8. The van der Waals surface area contributed by atoms with E-state index in [0.29, 0.717) is 37.5 Å². The monoisotopic (exact) mass is 518 g/mol. The number of fused-ring (bicyclic) bond motifs is 1. The van der Waals surface area contributed by atoms with Crippen LogP contribution < -0.4 is 19.5 Å². The summed E-state index contributed by atoms with van der Waals surface area (Å²) in [7, 11) is -3.76. The minimum atomic E-state index is -3.76. The average Bonchev–Trinajstić information content (AvgIpc) is 2.81. The van der Waals surface area contributed by atoms with E-state index in [1.807, 2.05) is 62.4 Å². The summed E-state index contributed by atoms with van der Waals surface area (Å²) < 4.78 is 40.1. The highest BCUT2D eigenvalue weighted by molar-refractivity contribution is 7.89. The topological polar surface area (TPSA) is 131 Å². The minimum Gasteiger partial charge on any atom is -0.489 e. The van der Waals surface area contributed by atoms with Crippen LogP contribution in [0.15, 0.2) is 48.5 Å². The van der Waals surface area contributed by atoms with E-state index >= 15 is 0 Å². The summed E-state index contributed by atoms with van der Waals surface area (Å²) in [5, 5.41) is 11.5. The second-order valence-electron chi connectivity index (χ2n) is 9.55. The Balaban J connectivity index is 1.60. The number of carbonyl (C=O) groups excluding carboxylic acids is 1. The third-order valence-electron chi connectivity index (χ3n) is 5.77. The van der Waals surface area contributed by atoms with Crippen molar-refractivity contribution in [3.63, 3.8) is 0 Å². The first kappa shape index (κ1) is 27.6. The van der Waals surface area contributed by atoms with Gasteiger partial charge in [-0.1, -0.05) is 30.3 Å². The van der Waals surface area contributed by atoms with Crippen LogP contribution in [0.2, 0.25) is 0 Å². The first-order valence-corrected chi connectivity index (χ1v) is 13.6. The van der Waals surface area contributed by atoms with Gasteiger partial charge >= 0.3 is 5.97 Å². The highest BCUT2D eigenvalue weighted by atomic mass is 32.2. The zero-order valence-electron chi connectivity index (χ0n) is 20.7. The van der Waals surface area contributed by atoms with Crippen molar-refractivity contribution in [2.24, 2.45) is 0 Å². The molecule has 0 aromatic heterocycles. The van der Waals surface area contributed by atoms with Crippen LogP contribution in [0.5, 0.6) is 11.5 Å². The third-order valence-corrected chi connectivity index (χ3v) is 7.20. The van der Waals surface area contributed by atoms with Gasteiger partial charge in [-0.25, -0.2) is 13.1 Å². The quantitative estimate of drug-likeness (QED) is 0.326. The molecule has 2 aromatic carbocycles. The van der Waals surface area contributed by atoms with Crippen LogP contribution in [0.3, 0.4) is 0 Å². The van der Waals surface area contributed by atoms with Crippen molar-refractivity contribution in [3.05, 3.63) is 59.7 Å². The Labute approximate surface area is 212 Å². The number of carboxylic acid groups (broad SMARTS) is 1. The van der Waals surface area contributed by atoms with E-state index in [9.17, 15) is 18.0 Å². The zero-order valence-corrected chi connectivity index (χ0v) is 21.5. The molecule has 36 heavy (non-hydrogen) atoms. The second-order valence-corrected chi connectivity index (χ2v) is 11.4. The van der Waals surface area contributed by atoms with Crippen LogP contribution in [0.25, 0.3) is 0 Å². The number of ether oxygens (including phenoxy) is 2. The van der Waals surface area contributed by atoms with E-state index in [-0.39, 0.29) is 37.0 Å². The number of nitrogens with one attached hydrogen (secondary N) is 2. The summed E-state index contributed by atoms with van der Waals surface area (Å²) in [6.45, 7) is 4.24. The number of benzene rings is 2. The Bertz CT molecular complexity index is 1150. The van der Waals surface area contributed by atoms with E-state index in [4.69, 9.17) is 14.6 Å². The summed E-state index contributed by atoms with van der Waals surface area (Å²) in [5.41, 5.74) is 1.24. The van der Waals surface area contributed by atoms with Gasteiger partial charge in [0.15, 0.2) is 5.78 Å². The molecule has 0 aliphatic carbocycles. The van der Waals surface area contributed by atoms with E-state index in [0.717, 1.165) is 11.1 Å². The number of aliphatic carboxylic acids is 1. The van der Waals surface area contributed by atoms with Crippen molar-refractivity contribution in [1.82, 2.24) is 10.0 Å². The van der Waals surface area contributed by atoms with Crippen molar-refractivity contribution in [1.29, 1.82) is 0 Å². The van der Waals surface area contributed by atoms with Crippen LogP contribution in [0.1, 0.15) is 50.2 Å². The lowest BCUT2D eigenvalue weighted by molar-refractivity contribution is -0.137. The van der Waals surface area contributed by atoms with Crippen LogP contribution in [0.4, 0.5) is 0 Å². The van der Waals surface area contributed by atoms with Crippen molar-refractivity contribution in [2.75, 3.05) is 25.4 Å². The molecule has 1 heterocycles.